The van der Waals surface area contributed by atoms with Crippen molar-refractivity contribution in [3.05, 3.63) is 35.5 Å². The predicted octanol–water partition coefficient (Wildman–Crippen LogP) is 6.98. The van der Waals surface area contributed by atoms with E-state index in [1.54, 1.807) is 13.8 Å². The number of ether oxygens (including phenoxy) is 1. The normalized spacial score (nSPS) is 13.1. The van der Waals surface area contributed by atoms with Crippen molar-refractivity contribution in [2.75, 3.05) is 5.73 Å². The largest absolute Gasteiger partial charge is 0.447 e. The topological polar surface area (TPSA) is 91.2 Å². The zero-order chi connectivity index (χ0) is 22.2. The molecule has 164 valence electrons. The van der Waals surface area contributed by atoms with Crippen LogP contribution in [0, 0.1) is 0 Å². The molecule has 6 heteroatoms. The van der Waals surface area contributed by atoms with Gasteiger partial charge in [0.1, 0.15) is 0 Å². The van der Waals surface area contributed by atoms with Gasteiger partial charge in [0.05, 0.1) is 16.0 Å². The first-order chi connectivity index (χ1) is 14.0. The Labute approximate surface area is 180 Å². The van der Waals surface area contributed by atoms with Gasteiger partial charge in [-0.3, -0.25) is 0 Å². The smallest absolute Gasteiger partial charge is 0.404 e. The van der Waals surface area contributed by atoms with Crippen molar-refractivity contribution in [2.24, 2.45) is 5.73 Å². The number of carbonyl (C=O) groups excluding carboxylic acids is 1. The lowest BCUT2D eigenvalue weighted by Crippen LogP contribution is -2.17. The van der Waals surface area contributed by atoms with Gasteiger partial charge in [-0.1, -0.05) is 65.2 Å². The average molecular weight is 422 g/mol. The number of para-hydroxylation sites is 1. The highest BCUT2D eigenvalue weighted by atomic mass is 32.1. The van der Waals surface area contributed by atoms with E-state index in [-0.39, 0.29) is 6.10 Å². The fraction of sp³-hybridized carbons (Fsp3) is 0.565. The molecule has 0 atom stereocenters. The van der Waals surface area contributed by atoms with Crippen LogP contribution in [-0.2, 0) is 4.74 Å². The van der Waals surface area contributed by atoms with E-state index in [0.29, 0.717) is 5.92 Å². The van der Waals surface area contributed by atoms with Crippen LogP contribution < -0.4 is 11.5 Å². The molecule has 1 heterocycles. The molecule has 1 aliphatic rings. The summed E-state index contributed by atoms with van der Waals surface area (Å²) < 4.78 is 4.39. The van der Waals surface area contributed by atoms with Crippen LogP contribution in [0.5, 0.6) is 0 Å². The maximum Gasteiger partial charge on any atom is 0.404 e. The molecule has 0 radical (unpaired) electrons. The van der Waals surface area contributed by atoms with Gasteiger partial charge >= 0.3 is 6.09 Å². The lowest BCUT2D eigenvalue weighted by molar-refractivity contribution is 0.125. The summed E-state index contributed by atoms with van der Waals surface area (Å²) in [7, 11) is 0. The Hall–Kier alpha value is -2.08. The maximum absolute atomic E-state index is 9.81. The fourth-order valence-corrected chi connectivity index (χ4v) is 4.04. The molecule has 0 spiro atoms. The molecule has 4 N–H and O–H groups in total. The minimum absolute atomic E-state index is 0.0995. The summed E-state index contributed by atoms with van der Waals surface area (Å²) in [6.07, 6.45) is 7.88. The predicted molar refractivity (Wildman–Crippen MR) is 126 cm³/mol. The number of rotatable bonds is 3. The zero-order valence-corrected chi connectivity index (χ0v) is 19.7. The van der Waals surface area contributed by atoms with Crippen LogP contribution in [0.3, 0.4) is 0 Å². The van der Waals surface area contributed by atoms with Crippen LogP contribution in [-0.4, -0.2) is 17.2 Å². The molecule has 3 rings (SSSR count). The summed E-state index contributed by atoms with van der Waals surface area (Å²) in [5.41, 5.74) is 12.6. The van der Waals surface area contributed by atoms with Gasteiger partial charge in [0, 0.05) is 23.4 Å². The summed E-state index contributed by atoms with van der Waals surface area (Å²) in [5, 5.41) is 1.30. The first kappa shape index (κ1) is 26.9. The molecular formula is C23H39N3O2S. The number of carbonyl (C=O) groups is 1. The Morgan fingerprint density at radius 1 is 1.10 bits per heavy atom. The van der Waals surface area contributed by atoms with E-state index >= 15 is 0 Å². The highest BCUT2D eigenvalue weighted by Gasteiger charge is 2.19. The molecule has 1 amide bonds. The Kier molecular flexibility index (Phi) is 14.7. The van der Waals surface area contributed by atoms with Gasteiger partial charge in [-0.15, -0.1) is 11.3 Å². The van der Waals surface area contributed by atoms with Crippen molar-refractivity contribution in [3.8, 4) is 10.4 Å². The fourth-order valence-electron chi connectivity index (χ4n) is 2.90. The number of primary amides is 1. The Bertz CT molecular complexity index is 680. The van der Waals surface area contributed by atoms with Gasteiger partial charge < -0.3 is 16.2 Å². The quantitative estimate of drug-likeness (QED) is 0.523. The maximum atomic E-state index is 9.81. The monoisotopic (exact) mass is 421 g/mol. The van der Waals surface area contributed by atoms with Crippen molar-refractivity contribution >= 4 is 23.1 Å². The van der Waals surface area contributed by atoms with E-state index < -0.39 is 6.09 Å². The van der Waals surface area contributed by atoms with Crippen molar-refractivity contribution in [2.45, 2.75) is 85.7 Å². The number of nitrogens with zero attached hydrogens (tertiary/aromatic N) is 1. The number of amides is 1. The molecule has 5 nitrogen and oxygen atoms in total. The third-order valence-electron chi connectivity index (χ3n) is 4.06. The van der Waals surface area contributed by atoms with E-state index in [0.717, 1.165) is 11.3 Å². The van der Waals surface area contributed by atoms with Gasteiger partial charge in [0.15, 0.2) is 0 Å². The number of benzene rings is 1. The van der Waals surface area contributed by atoms with Gasteiger partial charge in [-0.25, -0.2) is 9.78 Å². The summed E-state index contributed by atoms with van der Waals surface area (Å²) in [5.74, 6) is 0.683. The lowest BCUT2D eigenvalue weighted by atomic mass is 9.90. The molecule has 29 heavy (non-hydrogen) atoms. The molecule has 2 aromatic rings. The van der Waals surface area contributed by atoms with E-state index in [9.17, 15) is 4.79 Å². The van der Waals surface area contributed by atoms with Gasteiger partial charge in [-0.2, -0.15) is 0 Å². The summed E-state index contributed by atoms with van der Waals surface area (Å²) in [6.45, 7) is 11.5. The molecule has 0 bridgehead atoms. The van der Waals surface area contributed by atoms with Crippen molar-refractivity contribution in [1.29, 1.82) is 0 Å². The molecule has 0 unspecified atom stereocenters. The van der Waals surface area contributed by atoms with Crippen LogP contribution in [0.15, 0.2) is 30.5 Å². The number of nitrogens with two attached hydrogens (primary N) is 2. The molecule has 0 aliphatic heterocycles. The summed E-state index contributed by atoms with van der Waals surface area (Å²) in [4.78, 5) is 15.6. The minimum atomic E-state index is -0.713. The second-order valence-electron chi connectivity index (χ2n) is 6.47. The highest BCUT2D eigenvalue weighted by Crippen LogP contribution is 2.38. The molecule has 1 aliphatic carbocycles. The van der Waals surface area contributed by atoms with Crippen molar-refractivity contribution < 1.29 is 9.53 Å². The molecule has 1 aromatic heterocycles. The van der Waals surface area contributed by atoms with E-state index in [4.69, 9.17) is 5.73 Å². The van der Waals surface area contributed by atoms with Crippen LogP contribution in [0.1, 0.15) is 84.6 Å². The minimum Gasteiger partial charge on any atom is -0.447 e. The van der Waals surface area contributed by atoms with Crippen molar-refractivity contribution in [1.82, 2.24) is 4.98 Å². The zero-order valence-electron chi connectivity index (χ0n) is 18.9. The molecule has 1 fully saturated rings. The average Bonchev–Trinajstić information content (AvgIpc) is 3.21. The third kappa shape index (κ3) is 10.3. The molecule has 0 saturated heterocycles. The van der Waals surface area contributed by atoms with Gasteiger partial charge in [0.25, 0.3) is 0 Å². The Balaban J connectivity index is 0.000000606. The summed E-state index contributed by atoms with van der Waals surface area (Å²) >= 11 is 1.82. The number of thiazole rings is 1. The van der Waals surface area contributed by atoms with Crippen LogP contribution in [0.25, 0.3) is 10.4 Å². The van der Waals surface area contributed by atoms with E-state index in [2.05, 4.69) is 21.5 Å². The molecule has 1 saturated carbocycles. The van der Waals surface area contributed by atoms with Crippen molar-refractivity contribution in [3.63, 3.8) is 0 Å². The van der Waals surface area contributed by atoms with Crippen LogP contribution in [0.2, 0.25) is 0 Å². The molecule has 1 aromatic carbocycles. The Morgan fingerprint density at radius 2 is 1.69 bits per heavy atom. The second kappa shape index (κ2) is 15.8. The van der Waals surface area contributed by atoms with E-state index in [1.165, 1.54) is 42.0 Å². The van der Waals surface area contributed by atoms with Gasteiger partial charge in [-0.05, 0) is 32.8 Å². The number of anilines is 1. The summed E-state index contributed by atoms with van der Waals surface area (Å²) in [6, 6.07) is 8.04. The number of hydrogen-bond donors (Lipinski definition) is 2. The Morgan fingerprint density at radius 3 is 2.17 bits per heavy atom. The first-order valence-corrected chi connectivity index (χ1v) is 11.6. The first-order valence-electron chi connectivity index (χ1n) is 10.7. The number of nitrogen functional groups attached to an aromatic ring is 1. The van der Waals surface area contributed by atoms with Crippen LogP contribution >= 0.6 is 11.3 Å². The standard InChI is InChI=1S/C15H18N2S.C4H9NO2.2C2H6/c16-13-9-5-4-8-12(13)14-10-17-15(18-14)11-6-2-1-3-7-11;1-3(2)7-4(5)6;2*1-2/h4-5,8-11H,1-3,6-7,16H2;3H,1-2H3,(H2,5,6);2*1-2H3. The van der Waals surface area contributed by atoms with E-state index in [1.807, 2.05) is 63.4 Å². The van der Waals surface area contributed by atoms with Crippen LogP contribution in [0.4, 0.5) is 10.5 Å². The molecular weight excluding hydrogens is 382 g/mol. The second-order valence-corrected chi connectivity index (χ2v) is 7.53. The number of hydrogen-bond acceptors (Lipinski definition) is 5. The number of aromatic nitrogens is 1. The lowest BCUT2D eigenvalue weighted by Gasteiger charge is -2.18. The highest BCUT2D eigenvalue weighted by molar-refractivity contribution is 7.15. The third-order valence-corrected chi connectivity index (χ3v) is 5.25. The van der Waals surface area contributed by atoms with Gasteiger partial charge in [0.2, 0.25) is 0 Å². The SMILES string of the molecule is CC.CC.CC(C)OC(N)=O.Nc1ccccc1-c1cnc(C2CCCCC2)s1.